The van der Waals surface area contributed by atoms with Crippen LogP contribution >= 0.6 is 0 Å². The van der Waals surface area contributed by atoms with E-state index >= 15 is 0 Å². The number of ether oxygens (including phenoxy) is 3. The fourth-order valence-corrected chi connectivity index (χ4v) is 4.67. The molecule has 0 N–H and O–H groups in total. The Morgan fingerprint density at radius 2 is 1.88 bits per heavy atom. The Balaban J connectivity index is 1.36. The van der Waals surface area contributed by atoms with Gasteiger partial charge >= 0.3 is 0 Å². The smallest absolute Gasteiger partial charge is 0.193 e. The summed E-state index contributed by atoms with van der Waals surface area (Å²) in [6.45, 7) is 4.55. The summed E-state index contributed by atoms with van der Waals surface area (Å²) < 4.78 is 44.9. The second-order valence-electron chi connectivity index (χ2n) is 9.28. The fraction of sp³-hybridized carbons (Fsp3) is 0.321. The van der Waals surface area contributed by atoms with Crippen LogP contribution in [0.2, 0.25) is 0 Å². The molecule has 1 fully saturated rings. The Kier molecular flexibility index (Phi) is 5.96. The third-order valence-corrected chi connectivity index (χ3v) is 6.34. The van der Waals surface area contributed by atoms with Crippen LogP contribution in [0.25, 0.3) is 0 Å². The SMILES string of the molecule is CC1(C)OCC(COc2cccc3c2CCc2cc(Cc4ccc(F)cc4F)ccc2C3=O)O1. The topological polar surface area (TPSA) is 44.8 Å². The van der Waals surface area contributed by atoms with Gasteiger partial charge in [-0.15, -0.1) is 0 Å². The van der Waals surface area contributed by atoms with Crippen LogP contribution in [0.1, 0.15) is 52.0 Å². The lowest BCUT2D eigenvalue weighted by Crippen LogP contribution is -2.25. The molecule has 0 amide bonds. The molecule has 1 aliphatic heterocycles. The van der Waals surface area contributed by atoms with Gasteiger partial charge in [0, 0.05) is 29.2 Å². The van der Waals surface area contributed by atoms with Crippen LogP contribution in [0, 0.1) is 11.6 Å². The summed E-state index contributed by atoms with van der Waals surface area (Å²) in [6, 6.07) is 14.8. The van der Waals surface area contributed by atoms with Crippen LogP contribution in [0.3, 0.4) is 0 Å². The summed E-state index contributed by atoms with van der Waals surface area (Å²) in [5.74, 6) is -1.15. The van der Waals surface area contributed by atoms with E-state index in [2.05, 4.69) is 0 Å². The molecule has 1 unspecified atom stereocenters. The molecule has 0 bridgehead atoms. The van der Waals surface area contributed by atoms with E-state index in [1.54, 1.807) is 0 Å². The standard InChI is InChI=1S/C28H26F2O4/c1-28(2)33-16-21(34-28)15-32-26-5-3-4-24-23(26)11-8-18-12-17(6-10-22(18)27(24)31)13-19-7-9-20(29)14-25(19)30/h3-7,9-10,12,14,21H,8,11,13,15-16H2,1-2H3. The molecule has 2 aliphatic rings. The number of carbonyl (C=O) groups is 1. The van der Waals surface area contributed by atoms with Gasteiger partial charge in [-0.25, -0.2) is 8.78 Å². The highest BCUT2D eigenvalue weighted by Crippen LogP contribution is 2.32. The lowest BCUT2D eigenvalue weighted by molar-refractivity contribution is -0.141. The summed E-state index contributed by atoms with van der Waals surface area (Å²) in [5.41, 5.74) is 4.38. The highest BCUT2D eigenvalue weighted by molar-refractivity contribution is 6.11. The number of hydrogen-bond donors (Lipinski definition) is 0. The number of fused-ring (bicyclic) bond motifs is 2. The normalized spacial score (nSPS) is 18.8. The number of hydrogen-bond acceptors (Lipinski definition) is 4. The molecule has 1 saturated heterocycles. The molecular formula is C28H26F2O4. The van der Waals surface area contributed by atoms with Crippen molar-refractivity contribution >= 4 is 5.78 Å². The largest absolute Gasteiger partial charge is 0.490 e. The number of benzene rings is 3. The molecule has 3 aromatic rings. The molecule has 5 rings (SSSR count). The molecule has 0 spiro atoms. The quantitative estimate of drug-likeness (QED) is 0.506. The van der Waals surface area contributed by atoms with E-state index in [1.165, 1.54) is 12.1 Å². The average molecular weight is 465 g/mol. The molecule has 1 heterocycles. The van der Waals surface area contributed by atoms with Crippen LogP contribution in [0.15, 0.2) is 54.6 Å². The maximum absolute atomic E-state index is 14.1. The maximum atomic E-state index is 14.1. The molecule has 176 valence electrons. The number of ketones is 1. The Hall–Kier alpha value is -3.09. The van der Waals surface area contributed by atoms with Gasteiger partial charge < -0.3 is 14.2 Å². The van der Waals surface area contributed by atoms with Crippen molar-refractivity contribution in [3.8, 4) is 5.75 Å². The van der Waals surface area contributed by atoms with Gasteiger partial charge in [0.05, 0.1) is 6.61 Å². The molecule has 1 atom stereocenters. The van der Waals surface area contributed by atoms with Gasteiger partial charge in [0.1, 0.15) is 30.1 Å². The predicted molar refractivity (Wildman–Crippen MR) is 123 cm³/mol. The van der Waals surface area contributed by atoms with Gasteiger partial charge in [-0.2, -0.15) is 0 Å². The molecule has 34 heavy (non-hydrogen) atoms. The predicted octanol–water partition coefficient (Wildman–Crippen LogP) is 5.42. The monoisotopic (exact) mass is 464 g/mol. The lowest BCUT2D eigenvalue weighted by atomic mass is 9.95. The molecule has 3 aromatic carbocycles. The van der Waals surface area contributed by atoms with Crippen molar-refractivity contribution in [3.63, 3.8) is 0 Å². The summed E-state index contributed by atoms with van der Waals surface area (Å²) in [5, 5.41) is 0. The first-order valence-corrected chi connectivity index (χ1v) is 11.5. The van der Waals surface area contributed by atoms with E-state index in [4.69, 9.17) is 14.2 Å². The lowest BCUT2D eigenvalue weighted by Gasteiger charge is -2.18. The van der Waals surface area contributed by atoms with Crippen molar-refractivity contribution in [1.29, 1.82) is 0 Å². The minimum atomic E-state index is -0.617. The van der Waals surface area contributed by atoms with E-state index in [9.17, 15) is 13.6 Å². The van der Waals surface area contributed by atoms with Gasteiger partial charge in [0.25, 0.3) is 0 Å². The van der Waals surface area contributed by atoms with Crippen molar-refractivity contribution < 1.29 is 27.8 Å². The van der Waals surface area contributed by atoms with E-state index in [1.807, 2.05) is 50.2 Å². The van der Waals surface area contributed by atoms with Gasteiger partial charge in [-0.1, -0.05) is 36.4 Å². The number of halogens is 2. The minimum absolute atomic E-state index is 0.0472. The van der Waals surface area contributed by atoms with Gasteiger partial charge in [0.15, 0.2) is 11.6 Å². The summed E-state index contributed by atoms with van der Waals surface area (Å²) in [7, 11) is 0. The summed E-state index contributed by atoms with van der Waals surface area (Å²) in [4.78, 5) is 13.4. The van der Waals surface area contributed by atoms with Crippen molar-refractivity contribution in [2.45, 2.75) is 45.0 Å². The molecule has 0 saturated carbocycles. The third kappa shape index (κ3) is 4.61. The highest BCUT2D eigenvalue weighted by atomic mass is 19.1. The van der Waals surface area contributed by atoms with Crippen LogP contribution in [0.4, 0.5) is 8.78 Å². The Morgan fingerprint density at radius 3 is 2.65 bits per heavy atom. The molecule has 4 nitrogen and oxygen atoms in total. The molecular weight excluding hydrogens is 438 g/mol. The first kappa shape index (κ1) is 22.7. The van der Waals surface area contributed by atoms with E-state index in [0.29, 0.717) is 54.9 Å². The molecule has 6 heteroatoms. The summed E-state index contributed by atoms with van der Waals surface area (Å²) in [6.07, 6.45) is 1.46. The minimum Gasteiger partial charge on any atom is -0.490 e. The van der Waals surface area contributed by atoms with Crippen molar-refractivity contribution in [3.05, 3.63) is 99.6 Å². The van der Waals surface area contributed by atoms with Crippen molar-refractivity contribution in [1.82, 2.24) is 0 Å². The van der Waals surface area contributed by atoms with E-state index in [-0.39, 0.29) is 11.9 Å². The zero-order valence-corrected chi connectivity index (χ0v) is 19.2. The fourth-order valence-electron chi connectivity index (χ4n) is 4.67. The average Bonchev–Trinajstić information content (AvgIpc) is 3.09. The van der Waals surface area contributed by atoms with Crippen LogP contribution in [-0.4, -0.2) is 30.9 Å². The number of aryl methyl sites for hydroxylation is 1. The zero-order valence-electron chi connectivity index (χ0n) is 19.2. The van der Waals surface area contributed by atoms with Crippen LogP contribution < -0.4 is 4.74 Å². The maximum Gasteiger partial charge on any atom is 0.193 e. The summed E-state index contributed by atoms with van der Waals surface area (Å²) >= 11 is 0. The number of rotatable bonds is 5. The van der Waals surface area contributed by atoms with Crippen molar-refractivity contribution in [2.75, 3.05) is 13.2 Å². The molecule has 0 aromatic heterocycles. The van der Waals surface area contributed by atoms with Gasteiger partial charge in [0.2, 0.25) is 0 Å². The second-order valence-corrected chi connectivity index (χ2v) is 9.28. The zero-order chi connectivity index (χ0) is 23.9. The third-order valence-electron chi connectivity index (χ3n) is 6.34. The van der Waals surface area contributed by atoms with E-state index < -0.39 is 17.4 Å². The van der Waals surface area contributed by atoms with Gasteiger partial charge in [-0.05, 0) is 55.5 Å². The van der Waals surface area contributed by atoms with E-state index in [0.717, 1.165) is 22.8 Å². The highest BCUT2D eigenvalue weighted by Gasteiger charge is 2.33. The first-order valence-electron chi connectivity index (χ1n) is 11.5. The molecule has 0 radical (unpaired) electrons. The van der Waals surface area contributed by atoms with Crippen LogP contribution in [-0.2, 0) is 28.7 Å². The van der Waals surface area contributed by atoms with Crippen LogP contribution in [0.5, 0.6) is 5.75 Å². The molecule has 1 aliphatic carbocycles. The Morgan fingerprint density at radius 1 is 1.03 bits per heavy atom. The second kappa shape index (κ2) is 8.93. The van der Waals surface area contributed by atoms with Gasteiger partial charge in [-0.3, -0.25) is 4.79 Å². The Labute approximate surface area is 197 Å². The number of carbonyl (C=O) groups excluding carboxylic acids is 1. The first-order chi connectivity index (χ1) is 16.3. The Bertz CT molecular complexity index is 1250. The van der Waals surface area contributed by atoms with Crippen molar-refractivity contribution in [2.24, 2.45) is 0 Å².